The van der Waals surface area contributed by atoms with Crippen molar-refractivity contribution in [3.05, 3.63) is 108 Å². The number of nitrogens with one attached hydrogen (secondary N) is 1. The lowest BCUT2D eigenvalue weighted by atomic mass is 9.93. The molecule has 6 nitrogen and oxygen atoms in total. The molecule has 0 bridgehead atoms. The van der Waals surface area contributed by atoms with Gasteiger partial charge in [-0.3, -0.25) is 0 Å². The van der Waals surface area contributed by atoms with Crippen LogP contribution in [0.25, 0.3) is 0 Å². The second-order valence-corrected chi connectivity index (χ2v) is 9.13. The van der Waals surface area contributed by atoms with Gasteiger partial charge in [-0.25, -0.2) is 4.79 Å². The Bertz CT molecular complexity index is 1050. The molecule has 35 heavy (non-hydrogen) atoms. The Morgan fingerprint density at radius 3 is 2.17 bits per heavy atom. The van der Waals surface area contributed by atoms with Gasteiger partial charge in [0.25, 0.3) is 0 Å². The quantitative estimate of drug-likeness (QED) is 0.564. The Hall–Kier alpha value is -3.19. The first kappa shape index (κ1) is 23.5. The van der Waals surface area contributed by atoms with Gasteiger partial charge < -0.3 is 24.4 Å². The molecule has 2 aliphatic rings. The fourth-order valence-corrected chi connectivity index (χ4v) is 5.10. The van der Waals surface area contributed by atoms with Crippen molar-refractivity contribution in [2.75, 3.05) is 20.2 Å². The topological polar surface area (TPSA) is 60.0 Å². The van der Waals surface area contributed by atoms with Crippen LogP contribution >= 0.6 is 0 Å². The van der Waals surface area contributed by atoms with Gasteiger partial charge in [0.2, 0.25) is 5.79 Å². The summed E-state index contributed by atoms with van der Waals surface area (Å²) in [6.07, 6.45) is 1.03. The van der Waals surface area contributed by atoms with Crippen molar-refractivity contribution in [1.29, 1.82) is 0 Å². The maximum Gasteiger partial charge on any atom is 0.410 e. The van der Waals surface area contributed by atoms with E-state index in [1.165, 1.54) is 0 Å². The first-order valence-corrected chi connectivity index (χ1v) is 12.3. The van der Waals surface area contributed by atoms with Crippen LogP contribution in [0.15, 0.2) is 91.0 Å². The van der Waals surface area contributed by atoms with Gasteiger partial charge in [0.05, 0.1) is 12.6 Å². The van der Waals surface area contributed by atoms with Crippen molar-refractivity contribution in [2.24, 2.45) is 0 Å². The Morgan fingerprint density at radius 1 is 0.971 bits per heavy atom. The standard InChI is InChI=1S/C29H32N2O4/c1-30-25-17-18-31(28(32)33-20-22-11-5-2-6-12-22)26(19-25)27-21-34-29(35-27,23-13-7-3-8-14-23)24-15-9-4-10-16-24/h2-16,25-27,30H,17-21H2,1H3/t25-,26-,27-/m0/s1. The van der Waals surface area contributed by atoms with Gasteiger partial charge in [-0.1, -0.05) is 91.0 Å². The summed E-state index contributed by atoms with van der Waals surface area (Å²) in [4.78, 5) is 15.1. The second-order valence-electron chi connectivity index (χ2n) is 9.13. The van der Waals surface area contributed by atoms with Crippen LogP contribution in [0.5, 0.6) is 0 Å². The molecule has 1 amide bonds. The highest BCUT2D eigenvalue weighted by atomic mass is 16.7. The van der Waals surface area contributed by atoms with E-state index in [4.69, 9.17) is 14.2 Å². The van der Waals surface area contributed by atoms with Crippen LogP contribution < -0.4 is 5.32 Å². The highest BCUT2D eigenvalue weighted by molar-refractivity contribution is 5.68. The molecular weight excluding hydrogens is 440 g/mol. The van der Waals surface area contributed by atoms with Gasteiger partial charge in [0.15, 0.2) is 0 Å². The molecule has 6 heteroatoms. The van der Waals surface area contributed by atoms with Gasteiger partial charge in [-0.15, -0.1) is 0 Å². The minimum Gasteiger partial charge on any atom is -0.445 e. The molecule has 2 fully saturated rings. The fourth-order valence-electron chi connectivity index (χ4n) is 5.10. The van der Waals surface area contributed by atoms with E-state index in [1.807, 2.05) is 103 Å². The lowest BCUT2D eigenvalue weighted by molar-refractivity contribution is -0.151. The second kappa shape index (κ2) is 10.6. The monoisotopic (exact) mass is 472 g/mol. The third-order valence-electron chi connectivity index (χ3n) is 7.00. The molecule has 3 atom stereocenters. The maximum absolute atomic E-state index is 13.2. The molecule has 3 aromatic carbocycles. The summed E-state index contributed by atoms with van der Waals surface area (Å²) in [6, 6.07) is 29.9. The molecule has 2 aliphatic heterocycles. The van der Waals surface area contributed by atoms with E-state index in [1.54, 1.807) is 0 Å². The summed E-state index contributed by atoms with van der Waals surface area (Å²) >= 11 is 0. The van der Waals surface area contributed by atoms with Gasteiger partial charge in [0, 0.05) is 23.7 Å². The zero-order valence-electron chi connectivity index (χ0n) is 20.0. The van der Waals surface area contributed by atoms with Crippen LogP contribution in [-0.4, -0.2) is 49.4 Å². The molecule has 1 N–H and O–H groups in total. The maximum atomic E-state index is 13.2. The van der Waals surface area contributed by atoms with Gasteiger partial charge in [-0.05, 0) is 25.5 Å². The van der Waals surface area contributed by atoms with E-state index in [0.717, 1.165) is 29.5 Å². The molecule has 0 aromatic heterocycles. The Labute approximate surface area is 206 Å². The number of ether oxygens (including phenoxy) is 3. The molecule has 0 saturated carbocycles. The fraction of sp³-hybridized carbons (Fsp3) is 0.345. The van der Waals surface area contributed by atoms with Gasteiger partial charge in [0.1, 0.15) is 12.7 Å². The number of nitrogens with zero attached hydrogens (tertiary/aromatic N) is 1. The molecule has 0 unspecified atom stereocenters. The van der Waals surface area contributed by atoms with Crippen LogP contribution in [0.2, 0.25) is 0 Å². The Kier molecular flexibility index (Phi) is 7.13. The van der Waals surface area contributed by atoms with Crippen LogP contribution in [0, 0.1) is 0 Å². The van der Waals surface area contributed by atoms with E-state index in [2.05, 4.69) is 5.32 Å². The van der Waals surface area contributed by atoms with E-state index in [9.17, 15) is 4.79 Å². The number of likely N-dealkylation sites (tertiary alicyclic amines) is 1. The van der Waals surface area contributed by atoms with Crippen molar-refractivity contribution < 1.29 is 19.0 Å². The molecule has 2 saturated heterocycles. The number of hydrogen-bond acceptors (Lipinski definition) is 5. The number of benzene rings is 3. The zero-order valence-corrected chi connectivity index (χ0v) is 20.0. The van der Waals surface area contributed by atoms with Crippen LogP contribution in [-0.2, 0) is 26.6 Å². The van der Waals surface area contributed by atoms with Crippen molar-refractivity contribution in [1.82, 2.24) is 10.2 Å². The molecule has 0 radical (unpaired) electrons. The van der Waals surface area contributed by atoms with Crippen molar-refractivity contribution in [3.8, 4) is 0 Å². The van der Waals surface area contributed by atoms with Crippen LogP contribution in [0.1, 0.15) is 29.5 Å². The smallest absolute Gasteiger partial charge is 0.410 e. The summed E-state index contributed by atoms with van der Waals surface area (Å²) in [5.41, 5.74) is 2.84. The minimum atomic E-state index is -1.01. The molecule has 3 aromatic rings. The number of rotatable bonds is 6. The van der Waals surface area contributed by atoms with Crippen molar-refractivity contribution in [3.63, 3.8) is 0 Å². The van der Waals surface area contributed by atoms with E-state index >= 15 is 0 Å². The molecule has 2 heterocycles. The third kappa shape index (κ3) is 4.96. The molecule has 0 spiro atoms. The normalized spacial score (nSPS) is 23.7. The molecular formula is C29H32N2O4. The van der Waals surface area contributed by atoms with Crippen molar-refractivity contribution in [2.45, 2.75) is 43.4 Å². The number of carbonyl (C=O) groups is 1. The third-order valence-corrected chi connectivity index (χ3v) is 7.00. The zero-order chi connectivity index (χ0) is 24.1. The average molecular weight is 473 g/mol. The van der Waals surface area contributed by atoms with E-state index < -0.39 is 5.79 Å². The number of amides is 1. The summed E-state index contributed by atoms with van der Waals surface area (Å²) in [5, 5.41) is 3.38. The lowest BCUT2D eigenvalue weighted by Crippen LogP contribution is -2.56. The SMILES string of the molecule is CN[C@H]1CCN(C(=O)OCc2ccccc2)[C@H]([C@@H]2COC(c3ccccc3)(c3ccccc3)O2)C1. The van der Waals surface area contributed by atoms with Crippen molar-refractivity contribution >= 4 is 6.09 Å². The average Bonchev–Trinajstić information content (AvgIpc) is 3.40. The highest BCUT2D eigenvalue weighted by Gasteiger charge is 2.50. The minimum absolute atomic E-state index is 0.168. The van der Waals surface area contributed by atoms with E-state index in [0.29, 0.717) is 19.2 Å². The number of piperidine rings is 1. The van der Waals surface area contributed by atoms with Gasteiger partial charge >= 0.3 is 6.09 Å². The van der Waals surface area contributed by atoms with Crippen LogP contribution in [0.3, 0.4) is 0 Å². The van der Waals surface area contributed by atoms with E-state index in [-0.39, 0.29) is 24.8 Å². The number of carbonyl (C=O) groups excluding carboxylic acids is 1. The Morgan fingerprint density at radius 2 is 1.57 bits per heavy atom. The summed E-state index contributed by atoms with van der Waals surface area (Å²) in [5.74, 6) is -1.01. The summed E-state index contributed by atoms with van der Waals surface area (Å²) in [7, 11) is 1.97. The summed E-state index contributed by atoms with van der Waals surface area (Å²) in [6.45, 7) is 1.24. The molecule has 5 rings (SSSR count). The first-order valence-electron chi connectivity index (χ1n) is 12.3. The Balaban J connectivity index is 1.39. The molecule has 0 aliphatic carbocycles. The summed E-state index contributed by atoms with van der Waals surface area (Å²) < 4.78 is 19.0. The molecule has 182 valence electrons. The van der Waals surface area contributed by atoms with Crippen LogP contribution in [0.4, 0.5) is 4.79 Å². The number of hydrogen-bond donors (Lipinski definition) is 1. The predicted molar refractivity (Wildman–Crippen MR) is 134 cm³/mol. The lowest BCUT2D eigenvalue weighted by Gasteiger charge is -2.41. The largest absolute Gasteiger partial charge is 0.445 e. The van der Waals surface area contributed by atoms with Gasteiger partial charge in [-0.2, -0.15) is 0 Å². The highest BCUT2D eigenvalue weighted by Crippen LogP contribution is 2.42. The predicted octanol–water partition coefficient (Wildman–Crippen LogP) is 4.69. The first-order chi connectivity index (χ1) is 17.2.